The highest BCUT2D eigenvalue weighted by Gasteiger charge is 2.48. The van der Waals surface area contributed by atoms with Crippen LogP contribution in [0.25, 0.3) is 0 Å². The first-order chi connectivity index (χ1) is 16.4. The summed E-state index contributed by atoms with van der Waals surface area (Å²) < 4.78 is 39.5. The van der Waals surface area contributed by atoms with Crippen molar-refractivity contribution in [2.45, 2.75) is 65.4 Å². The van der Waals surface area contributed by atoms with Crippen LogP contribution in [0.15, 0.2) is 24.3 Å². The number of sulfonamides is 1. The van der Waals surface area contributed by atoms with E-state index in [-0.39, 0.29) is 11.8 Å². The molecule has 2 aliphatic rings. The lowest BCUT2D eigenvalue weighted by molar-refractivity contribution is 0.0172. The molecule has 2 heterocycles. The normalized spacial score (nSPS) is 18.2. The van der Waals surface area contributed by atoms with Crippen LogP contribution in [0.5, 0.6) is 5.75 Å². The van der Waals surface area contributed by atoms with Crippen LogP contribution in [0.2, 0.25) is 0 Å². The number of hydrogen-bond donors (Lipinski definition) is 0. The van der Waals surface area contributed by atoms with E-state index in [0.717, 1.165) is 33.6 Å². The highest BCUT2D eigenvalue weighted by atomic mass is 32.2. The van der Waals surface area contributed by atoms with Crippen LogP contribution in [-0.2, 0) is 27.1 Å². The summed E-state index contributed by atoms with van der Waals surface area (Å²) in [4.78, 5) is 14.4. The fourth-order valence-electron chi connectivity index (χ4n) is 5.43. The van der Waals surface area contributed by atoms with E-state index >= 15 is 0 Å². The van der Waals surface area contributed by atoms with E-state index in [1.165, 1.54) is 11.1 Å². The van der Waals surface area contributed by atoms with Gasteiger partial charge in [-0.15, -0.1) is 0 Å². The van der Waals surface area contributed by atoms with Gasteiger partial charge in [0.25, 0.3) is 0 Å². The van der Waals surface area contributed by atoms with Gasteiger partial charge in [0, 0.05) is 32.5 Å². The third-order valence-corrected chi connectivity index (χ3v) is 9.28. The zero-order chi connectivity index (χ0) is 25.5. The maximum Gasteiger partial charge on any atom is 0.410 e. The molecule has 0 aromatic heterocycles. The number of nitrogens with zero attached hydrogens (tertiary/aromatic N) is 2. The molecular weight excluding hydrogens is 464 g/mol. The summed E-state index contributed by atoms with van der Waals surface area (Å²) >= 11 is 0. The molecule has 8 heteroatoms. The lowest BCUT2D eigenvalue weighted by atomic mass is 9.92. The Hall–Kier alpha value is -2.58. The average Bonchev–Trinajstić information content (AvgIpc) is 3.07. The largest absolute Gasteiger partial charge is 0.496 e. The van der Waals surface area contributed by atoms with Crippen LogP contribution < -0.4 is 4.74 Å². The first-order valence-electron chi connectivity index (χ1n) is 12.1. The molecule has 1 spiro atoms. The standard InChI is InChI=1S/C27H36N2O5S/c1-18-11-19(2)13-23(12-18)15-28-17-27(34-26(28)30)7-9-29(10-8-27)35(31,32)16-24-20(3)14-25(33-6)22(5)21(24)4/h11-14H,7-10,15-17H2,1-6H3. The number of carbonyl (C=O) groups is 1. The Labute approximate surface area is 209 Å². The molecule has 2 aromatic carbocycles. The van der Waals surface area contributed by atoms with Gasteiger partial charge < -0.3 is 9.47 Å². The molecule has 0 aliphatic carbocycles. The second-order valence-corrected chi connectivity index (χ2v) is 12.2. The van der Waals surface area contributed by atoms with Crippen molar-refractivity contribution in [2.24, 2.45) is 0 Å². The highest BCUT2D eigenvalue weighted by Crippen LogP contribution is 2.36. The van der Waals surface area contributed by atoms with Gasteiger partial charge in [0.05, 0.1) is 19.4 Å². The zero-order valence-electron chi connectivity index (χ0n) is 21.6. The van der Waals surface area contributed by atoms with Gasteiger partial charge in [-0.05, 0) is 68.5 Å². The van der Waals surface area contributed by atoms with Gasteiger partial charge >= 0.3 is 6.09 Å². The molecule has 4 rings (SSSR count). The molecule has 190 valence electrons. The minimum absolute atomic E-state index is 0.0406. The Bertz CT molecular complexity index is 1230. The first kappa shape index (κ1) is 25.5. The lowest BCUT2D eigenvalue weighted by Gasteiger charge is -2.36. The van der Waals surface area contributed by atoms with E-state index in [9.17, 15) is 13.2 Å². The van der Waals surface area contributed by atoms with Crippen LogP contribution in [0.4, 0.5) is 4.79 Å². The molecule has 1 amide bonds. The average molecular weight is 501 g/mol. The summed E-state index contributed by atoms with van der Waals surface area (Å²) in [6, 6.07) is 8.19. The monoisotopic (exact) mass is 500 g/mol. The Balaban J connectivity index is 1.43. The Morgan fingerprint density at radius 3 is 2.20 bits per heavy atom. The predicted molar refractivity (Wildman–Crippen MR) is 136 cm³/mol. The van der Waals surface area contributed by atoms with Crippen molar-refractivity contribution < 1.29 is 22.7 Å². The number of methoxy groups -OCH3 is 1. The van der Waals surface area contributed by atoms with E-state index in [4.69, 9.17) is 9.47 Å². The third kappa shape index (κ3) is 5.19. The van der Waals surface area contributed by atoms with Crippen LogP contribution in [0.3, 0.4) is 0 Å². The maximum atomic E-state index is 13.3. The maximum absolute atomic E-state index is 13.3. The molecule has 0 N–H and O–H groups in total. The van der Waals surface area contributed by atoms with Crippen molar-refractivity contribution in [3.8, 4) is 5.75 Å². The quantitative estimate of drug-likeness (QED) is 0.582. The first-order valence-corrected chi connectivity index (χ1v) is 13.7. The van der Waals surface area contributed by atoms with Crippen molar-refractivity contribution in [2.75, 3.05) is 26.7 Å². The van der Waals surface area contributed by atoms with Gasteiger partial charge in [0.2, 0.25) is 10.0 Å². The van der Waals surface area contributed by atoms with E-state index in [1.807, 2.05) is 40.7 Å². The zero-order valence-corrected chi connectivity index (χ0v) is 22.4. The summed E-state index contributed by atoms with van der Waals surface area (Å²) in [7, 11) is -1.89. The molecule has 2 aliphatic heterocycles. The molecule has 0 saturated carbocycles. The predicted octanol–water partition coefficient (Wildman–Crippen LogP) is 4.55. The number of rotatable bonds is 6. The molecule has 2 fully saturated rings. The third-order valence-electron chi connectivity index (χ3n) is 7.48. The van der Waals surface area contributed by atoms with Crippen molar-refractivity contribution in [3.05, 3.63) is 63.2 Å². The smallest absolute Gasteiger partial charge is 0.410 e. The number of aryl methyl sites for hydroxylation is 3. The molecule has 0 atom stereocenters. The van der Waals surface area contributed by atoms with Gasteiger partial charge in [-0.25, -0.2) is 17.5 Å². The fourth-order valence-corrected chi connectivity index (χ4v) is 7.16. The van der Waals surface area contributed by atoms with Crippen LogP contribution in [-0.4, -0.2) is 56.1 Å². The number of amides is 1. The summed E-state index contributed by atoms with van der Waals surface area (Å²) in [5.74, 6) is 0.732. The molecule has 7 nitrogen and oxygen atoms in total. The Kier molecular flexibility index (Phi) is 6.90. The van der Waals surface area contributed by atoms with Gasteiger partial charge in [0.1, 0.15) is 11.4 Å². The molecule has 0 radical (unpaired) electrons. The van der Waals surface area contributed by atoms with Gasteiger partial charge in [-0.2, -0.15) is 0 Å². The minimum atomic E-state index is -3.51. The number of hydrogen-bond acceptors (Lipinski definition) is 5. The molecule has 35 heavy (non-hydrogen) atoms. The summed E-state index contributed by atoms with van der Waals surface area (Å²) in [5, 5.41) is 0. The second-order valence-electron chi connectivity index (χ2n) is 10.2. The second kappa shape index (κ2) is 9.47. The molecule has 0 unspecified atom stereocenters. The molecular formula is C27H36N2O5S. The van der Waals surface area contributed by atoms with Crippen LogP contribution in [0.1, 0.15) is 51.8 Å². The summed E-state index contributed by atoms with van der Waals surface area (Å²) in [6.45, 7) is 11.6. The van der Waals surface area contributed by atoms with Crippen molar-refractivity contribution >= 4 is 16.1 Å². The lowest BCUT2D eigenvalue weighted by Crippen LogP contribution is -2.48. The van der Waals surface area contributed by atoms with E-state index in [0.29, 0.717) is 39.0 Å². The number of carbonyl (C=O) groups excluding carboxylic acids is 1. The van der Waals surface area contributed by atoms with Crippen molar-refractivity contribution in [1.29, 1.82) is 0 Å². The van der Waals surface area contributed by atoms with E-state index in [1.54, 1.807) is 16.3 Å². The number of piperidine rings is 1. The number of benzene rings is 2. The van der Waals surface area contributed by atoms with E-state index in [2.05, 4.69) is 18.2 Å². The molecule has 0 bridgehead atoms. The van der Waals surface area contributed by atoms with Crippen LogP contribution in [0, 0.1) is 34.6 Å². The van der Waals surface area contributed by atoms with Gasteiger partial charge in [0.15, 0.2) is 0 Å². The Morgan fingerprint density at radius 2 is 1.60 bits per heavy atom. The van der Waals surface area contributed by atoms with E-state index < -0.39 is 15.6 Å². The fraction of sp³-hybridized carbons (Fsp3) is 0.519. The Morgan fingerprint density at radius 1 is 0.971 bits per heavy atom. The van der Waals surface area contributed by atoms with Gasteiger partial charge in [-0.3, -0.25) is 4.90 Å². The summed E-state index contributed by atoms with van der Waals surface area (Å²) in [6.07, 6.45) is 0.683. The highest BCUT2D eigenvalue weighted by molar-refractivity contribution is 7.88. The van der Waals surface area contributed by atoms with Gasteiger partial charge in [-0.1, -0.05) is 29.3 Å². The summed E-state index contributed by atoms with van der Waals surface area (Å²) in [5.41, 5.74) is 6.44. The van der Waals surface area contributed by atoms with Crippen molar-refractivity contribution in [3.63, 3.8) is 0 Å². The number of ether oxygens (including phenoxy) is 2. The topological polar surface area (TPSA) is 76.2 Å². The SMILES string of the molecule is COc1cc(C)c(CS(=O)(=O)N2CCC3(CC2)CN(Cc2cc(C)cc(C)c2)C(=O)O3)c(C)c1C. The van der Waals surface area contributed by atoms with Crippen LogP contribution >= 0.6 is 0 Å². The van der Waals surface area contributed by atoms with Crippen molar-refractivity contribution in [1.82, 2.24) is 9.21 Å². The minimum Gasteiger partial charge on any atom is -0.496 e. The molecule has 2 aromatic rings. The molecule has 2 saturated heterocycles.